The molecule has 0 radical (unpaired) electrons. The fourth-order valence-corrected chi connectivity index (χ4v) is 3.13. The lowest BCUT2D eigenvalue weighted by Crippen LogP contribution is -2.57. The summed E-state index contributed by atoms with van der Waals surface area (Å²) < 4.78 is 0. The minimum Gasteiger partial charge on any atom is -0.339 e. The molecule has 0 N–H and O–H groups in total. The SMILES string of the molecule is CCN1CCN(C(C)C(=O)N2CCN(C(C)=O)CC2)CC1. The van der Waals surface area contributed by atoms with Crippen LogP contribution in [0.3, 0.4) is 0 Å². The van der Waals surface area contributed by atoms with Gasteiger partial charge in [0.1, 0.15) is 0 Å². The van der Waals surface area contributed by atoms with Crippen LogP contribution in [0.15, 0.2) is 0 Å². The first-order chi connectivity index (χ1) is 10.0. The lowest BCUT2D eigenvalue weighted by Gasteiger charge is -2.40. The van der Waals surface area contributed by atoms with E-state index >= 15 is 0 Å². The third-order valence-corrected chi connectivity index (χ3v) is 4.80. The second-order valence-corrected chi connectivity index (χ2v) is 5.98. The Kier molecular flexibility index (Phi) is 5.58. The van der Waals surface area contributed by atoms with Crippen molar-refractivity contribution in [3.63, 3.8) is 0 Å². The number of hydrogen-bond donors (Lipinski definition) is 0. The molecule has 2 aliphatic heterocycles. The molecule has 1 atom stereocenters. The van der Waals surface area contributed by atoms with E-state index < -0.39 is 0 Å². The monoisotopic (exact) mass is 296 g/mol. The van der Waals surface area contributed by atoms with Gasteiger partial charge in [-0.15, -0.1) is 0 Å². The van der Waals surface area contributed by atoms with Gasteiger partial charge in [-0.1, -0.05) is 6.92 Å². The van der Waals surface area contributed by atoms with Crippen molar-refractivity contribution in [2.45, 2.75) is 26.8 Å². The van der Waals surface area contributed by atoms with E-state index in [2.05, 4.69) is 16.7 Å². The summed E-state index contributed by atoms with van der Waals surface area (Å²) in [6, 6.07) is -0.0483. The van der Waals surface area contributed by atoms with Crippen molar-refractivity contribution in [3.8, 4) is 0 Å². The highest BCUT2D eigenvalue weighted by molar-refractivity contribution is 5.82. The molecule has 0 aliphatic carbocycles. The first-order valence-electron chi connectivity index (χ1n) is 8.03. The maximum Gasteiger partial charge on any atom is 0.239 e. The molecule has 0 aromatic rings. The van der Waals surface area contributed by atoms with Gasteiger partial charge in [0, 0.05) is 59.3 Å². The second-order valence-electron chi connectivity index (χ2n) is 5.98. The number of nitrogens with zero attached hydrogens (tertiary/aromatic N) is 4. The van der Waals surface area contributed by atoms with E-state index in [1.807, 2.05) is 16.7 Å². The zero-order valence-electron chi connectivity index (χ0n) is 13.5. The van der Waals surface area contributed by atoms with Crippen LogP contribution in [0.1, 0.15) is 20.8 Å². The van der Waals surface area contributed by atoms with Gasteiger partial charge in [0.25, 0.3) is 0 Å². The van der Waals surface area contributed by atoms with Gasteiger partial charge in [-0.25, -0.2) is 0 Å². The van der Waals surface area contributed by atoms with E-state index in [-0.39, 0.29) is 17.9 Å². The van der Waals surface area contributed by atoms with Crippen LogP contribution >= 0.6 is 0 Å². The molecule has 21 heavy (non-hydrogen) atoms. The van der Waals surface area contributed by atoms with Crippen molar-refractivity contribution in [2.75, 3.05) is 58.9 Å². The minimum absolute atomic E-state index is 0.0483. The molecule has 0 aromatic carbocycles. The van der Waals surface area contributed by atoms with Crippen LogP contribution in [0.2, 0.25) is 0 Å². The zero-order chi connectivity index (χ0) is 15.4. The van der Waals surface area contributed by atoms with E-state index in [1.54, 1.807) is 6.92 Å². The Labute approximate surface area is 127 Å². The fourth-order valence-electron chi connectivity index (χ4n) is 3.13. The third-order valence-electron chi connectivity index (χ3n) is 4.80. The van der Waals surface area contributed by atoms with Crippen molar-refractivity contribution >= 4 is 11.8 Å². The van der Waals surface area contributed by atoms with E-state index in [1.165, 1.54) is 0 Å². The highest BCUT2D eigenvalue weighted by Gasteiger charge is 2.30. The van der Waals surface area contributed by atoms with Gasteiger partial charge in [-0.05, 0) is 13.5 Å². The Morgan fingerprint density at radius 1 is 0.905 bits per heavy atom. The average Bonchev–Trinajstić information content (AvgIpc) is 2.53. The topological polar surface area (TPSA) is 47.1 Å². The third kappa shape index (κ3) is 3.95. The molecule has 1 unspecified atom stereocenters. The normalized spacial score (nSPS) is 23.2. The van der Waals surface area contributed by atoms with Gasteiger partial charge in [0.05, 0.1) is 6.04 Å². The number of rotatable bonds is 3. The van der Waals surface area contributed by atoms with Crippen LogP contribution in [-0.2, 0) is 9.59 Å². The predicted molar refractivity (Wildman–Crippen MR) is 82.0 cm³/mol. The smallest absolute Gasteiger partial charge is 0.239 e. The lowest BCUT2D eigenvalue weighted by atomic mass is 10.2. The largest absolute Gasteiger partial charge is 0.339 e. The van der Waals surface area contributed by atoms with Crippen LogP contribution in [0.25, 0.3) is 0 Å². The quantitative estimate of drug-likeness (QED) is 0.718. The molecule has 2 fully saturated rings. The highest BCUT2D eigenvalue weighted by atomic mass is 16.2. The molecule has 0 saturated carbocycles. The standard InChI is InChI=1S/C15H28N4O2/c1-4-16-5-7-17(8-6-16)13(2)15(21)19-11-9-18(10-12-19)14(3)20/h13H,4-12H2,1-3H3. The molecular formula is C15H28N4O2. The Balaban J connectivity index is 1.82. The summed E-state index contributed by atoms with van der Waals surface area (Å²) >= 11 is 0. The van der Waals surface area contributed by atoms with Crippen LogP contribution in [0.5, 0.6) is 0 Å². The van der Waals surface area contributed by atoms with Crippen LogP contribution < -0.4 is 0 Å². The number of hydrogen-bond acceptors (Lipinski definition) is 4. The summed E-state index contributed by atoms with van der Waals surface area (Å²) in [4.78, 5) is 32.3. The molecule has 120 valence electrons. The van der Waals surface area contributed by atoms with Gasteiger partial charge in [-0.2, -0.15) is 0 Å². The van der Waals surface area contributed by atoms with Gasteiger partial charge < -0.3 is 14.7 Å². The number of likely N-dealkylation sites (N-methyl/N-ethyl adjacent to an activating group) is 1. The molecule has 2 aliphatic rings. The molecule has 2 heterocycles. The van der Waals surface area contributed by atoms with Gasteiger partial charge in [0.2, 0.25) is 11.8 Å². The van der Waals surface area contributed by atoms with E-state index in [0.29, 0.717) is 26.2 Å². The maximum atomic E-state index is 12.6. The molecule has 2 rings (SSSR count). The Morgan fingerprint density at radius 3 is 1.90 bits per heavy atom. The number of piperazine rings is 2. The summed E-state index contributed by atoms with van der Waals surface area (Å²) in [5, 5.41) is 0. The van der Waals surface area contributed by atoms with Gasteiger partial charge in [-0.3, -0.25) is 14.5 Å². The maximum absolute atomic E-state index is 12.6. The lowest BCUT2D eigenvalue weighted by molar-refractivity contribution is -0.142. The minimum atomic E-state index is -0.0483. The average molecular weight is 296 g/mol. The Morgan fingerprint density at radius 2 is 1.43 bits per heavy atom. The molecule has 2 saturated heterocycles. The molecule has 0 spiro atoms. The fraction of sp³-hybridized carbons (Fsp3) is 0.867. The Hall–Kier alpha value is -1.14. The predicted octanol–water partition coefficient (Wildman–Crippen LogP) is -0.297. The van der Waals surface area contributed by atoms with Crippen LogP contribution in [0.4, 0.5) is 0 Å². The van der Waals surface area contributed by atoms with E-state index in [0.717, 1.165) is 32.7 Å². The van der Waals surface area contributed by atoms with Crippen molar-refractivity contribution in [1.82, 2.24) is 19.6 Å². The number of carbonyl (C=O) groups excluding carboxylic acids is 2. The highest BCUT2D eigenvalue weighted by Crippen LogP contribution is 2.11. The number of amides is 2. The second kappa shape index (κ2) is 7.22. The van der Waals surface area contributed by atoms with Crippen molar-refractivity contribution < 1.29 is 9.59 Å². The summed E-state index contributed by atoms with van der Waals surface area (Å²) in [5.74, 6) is 0.314. The molecule has 0 bridgehead atoms. The first-order valence-corrected chi connectivity index (χ1v) is 8.03. The van der Waals surface area contributed by atoms with Crippen LogP contribution in [0, 0.1) is 0 Å². The summed E-state index contributed by atoms with van der Waals surface area (Å²) in [7, 11) is 0. The summed E-state index contributed by atoms with van der Waals surface area (Å²) in [6.07, 6.45) is 0. The summed E-state index contributed by atoms with van der Waals surface area (Å²) in [6.45, 7) is 13.6. The molecule has 6 nitrogen and oxygen atoms in total. The number of carbonyl (C=O) groups is 2. The first kappa shape index (κ1) is 16.2. The van der Waals surface area contributed by atoms with E-state index in [4.69, 9.17) is 0 Å². The van der Waals surface area contributed by atoms with Crippen molar-refractivity contribution in [3.05, 3.63) is 0 Å². The molecular weight excluding hydrogens is 268 g/mol. The van der Waals surface area contributed by atoms with Crippen molar-refractivity contribution in [1.29, 1.82) is 0 Å². The molecule has 6 heteroatoms. The Bertz CT molecular complexity index is 372. The molecule has 0 aromatic heterocycles. The van der Waals surface area contributed by atoms with Gasteiger partial charge >= 0.3 is 0 Å². The van der Waals surface area contributed by atoms with Crippen LogP contribution in [-0.4, -0.2) is 96.4 Å². The van der Waals surface area contributed by atoms with Crippen molar-refractivity contribution in [2.24, 2.45) is 0 Å². The van der Waals surface area contributed by atoms with E-state index in [9.17, 15) is 9.59 Å². The summed E-state index contributed by atoms with van der Waals surface area (Å²) in [5.41, 5.74) is 0. The van der Waals surface area contributed by atoms with Gasteiger partial charge in [0.15, 0.2) is 0 Å². The zero-order valence-corrected chi connectivity index (χ0v) is 13.5. The molecule has 2 amide bonds.